The second kappa shape index (κ2) is 5.05. The molecule has 18 heavy (non-hydrogen) atoms. The predicted octanol–water partition coefficient (Wildman–Crippen LogP) is 3.48. The molecule has 0 amide bonds. The molecule has 0 aliphatic carbocycles. The zero-order valence-corrected chi connectivity index (χ0v) is 9.44. The van der Waals surface area contributed by atoms with E-state index in [4.69, 9.17) is 11.6 Å². The number of halogens is 6. The lowest BCUT2D eigenvalue weighted by molar-refractivity contribution is -0.139. The number of methoxy groups -OCH3 is 1. The van der Waals surface area contributed by atoms with E-state index in [2.05, 4.69) is 9.72 Å². The lowest BCUT2D eigenvalue weighted by Gasteiger charge is -2.15. The standard InChI is InChI=1S/C9H5ClF5NO2/c1-18-8(17)6-5(10)4(9(13,14)15)3(2-16-6)7(11)12/h2,7H,1H3. The molecular weight excluding hydrogens is 285 g/mol. The first-order valence-electron chi connectivity index (χ1n) is 4.32. The molecule has 3 nitrogen and oxygen atoms in total. The molecular formula is C9H5ClF5NO2. The van der Waals surface area contributed by atoms with Gasteiger partial charge in [-0.3, -0.25) is 0 Å². The number of carbonyl (C=O) groups is 1. The molecule has 1 aromatic heterocycles. The van der Waals surface area contributed by atoms with Crippen molar-refractivity contribution in [2.45, 2.75) is 12.6 Å². The third kappa shape index (κ3) is 2.69. The van der Waals surface area contributed by atoms with E-state index in [1.54, 1.807) is 0 Å². The summed E-state index contributed by atoms with van der Waals surface area (Å²) in [5.74, 6) is -1.24. The lowest BCUT2D eigenvalue weighted by Crippen LogP contribution is -2.15. The molecule has 0 spiro atoms. The normalized spacial score (nSPS) is 11.8. The number of aromatic nitrogens is 1. The SMILES string of the molecule is COC(=O)c1ncc(C(F)F)c(C(F)(F)F)c1Cl. The summed E-state index contributed by atoms with van der Waals surface area (Å²) in [7, 11) is 0.897. The highest BCUT2D eigenvalue weighted by Crippen LogP contribution is 2.41. The number of hydrogen-bond donors (Lipinski definition) is 0. The second-order valence-electron chi connectivity index (χ2n) is 3.04. The Morgan fingerprint density at radius 1 is 1.44 bits per heavy atom. The van der Waals surface area contributed by atoms with Gasteiger partial charge in [0.05, 0.1) is 17.7 Å². The Hall–Kier alpha value is -1.44. The van der Waals surface area contributed by atoms with Crippen molar-refractivity contribution in [3.63, 3.8) is 0 Å². The van der Waals surface area contributed by atoms with Gasteiger partial charge in [-0.15, -0.1) is 0 Å². The van der Waals surface area contributed by atoms with Crippen LogP contribution in [0.2, 0.25) is 5.02 Å². The minimum atomic E-state index is -5.13. The molecule has 0 bridgehead atoms. The number of ether oxygens (including phenoxy) is 1. The van der Waals surface area contributed by atoms with Crippen molar-refractivity contribution in [3.05, 3.63) is 28.0 Å². The zero-order valence-electron chi connectivity index (χ0n) is 8.69. The van der Waals surface area contributed by atoms with Crippen molar-refractivity contribution in [2.24, 2.45) is 0 Å². The first kappa shape index (κ1) is 14.6. The van der Waals surface area contributed by atoms with Crippen LogP contribution in [0.5, 0.6) is 0 Å². The fourth-order valence-corrected chi connectivity index (χ4v) is 1.54. The van der Waals surface area contributed by atoms with Crippen LogP contribution in [0.4, 0.5) is 22.0 Å². The van der Waals surface area contributed by atoms with Crippen molar-refractivity contribution < 1.29 is 31.5 Å². The minimum absolute atomic E-state index is 0.256. The van der Waals surface area contributed by atoms with Gasteiger partial charge in [0.25, 0.3) is 6.43 Å². The maximum Gasteiger partial charge on any atom is 0.418 e. The van der Waals surface area contributed by atoms with Crippen LogP contribution in [0, 0.1) is 0 Å². The smallest absolute Gasteiger partial charge is 0.418 e. The molecule has 0 unspecified atom stereocenters. The predicted molar refractivity (Wildman–Crippen MR) is 50.5 cm³/mol. The van der Waals surface area contributed by atoms with Gasteiger partial charge in [-0.1, -0.05) is 11.6 Å². The quantitative estimate of drug-likeness (QED) is 0.618. The molecule has 100 valence electrons. The summed E-state index contributed by atoms with van der Waals surface area (Å²) < 4.78 is 66.9. The second-order valence-corrected chi connectivity index (χ2v) is 3.42. The molecule has 1 aromatic rings. The van der Waals surface area contributed by atoms with Crippen LogP contribution < -0.4 is 0 Å². The Morgan fingerprint density at radius 3 is 2.39 bits per heavy atom. The fourth-order valence-electron chi connectivity index (χ4n) is 1.19. The summed E-state index contributed by atoms with van der Waals surface area (Å²) in [5.41, 5.74) is -4.04. The maximum absolute atomic E-state index is 12.6. The minimum Gasteiger partial charge on any atom is -0.464 e. The van der Waals surface area contributed by atoms with Crippen molar-refractivity contribution >= 4 is 17.6 Å². The van der Waals surface area contributed by atoms with E-state index in [1.165, 1.54) is 0 Å². The highest BCUT2D eigenvalue weighted by Gasteiger charge is 2.40. The van der Waals surface area contributed by atoms with Crippen LogP contribution in [0.1, 0.15) is 28.0 Å². The van der Waals surface area contributed by atoms with Crippen molar-refractivity contribution in [2.75, 3.05) is 7.11 Å². The van der Waals surface area contributed by atoms with Crippen molar-refractivity contribution in [3.8, 4) is 0 Å². The Balaban J connectivity index is 3.55. The number of rotatable bonds is 2. The van der Waals surface area contributed by atoms with Crippen LogP contribution in [-0.4, -0.2) is 18.1 Å². The summed E-state index contributed by atoms with van der Waals surface area (Å²) >= 11 is 5.30. The largest absolute Gasteiger partial charge is 0.464 e. The van der Waals surface area contributed by atoms with E-state index in [9.17, 15) is 26.7 Å². The van der Waals surface area contributed by atoms with E-state index < -0.39 is 40.4 Å². The summed E-state index contributed by atoms with van der Waals surface area (Å²) in [5, 5.41) is -1.20. The molecule has 9 heteroatoms. The Labute approximate surface area is 103 Å². The maximum atomic E-state index is 12.6. The number of esters is 1. The lowest BCUT2D eigenvalue weighted by atomic mass is 10.1. The first-order valence-corrected chi connectivity index (χ1v) is 4.70. The average Bonchev–Trinajstić information content (AvgIpc) is 2.25. The summed E-state index contributed by atoms with van der Waals surface area (Å²) in [6, 6.07) is 0. The van der Waals surface area contributed by atoms with Crippen LogP contribution in [0.3, 0.4) is 0 Å². The monoisotopic (exact) mass is 289 g/mol. The van der Waals surface area contributed by atoms with E-state index in [-0.39, 0.29) is 6.20 Å². The van der Waals surface area contributed by atoms with Crippen molar-refractivity contribution in [1.29, 1.82) is 0 Å². The average molecular weight is 290 g/mol. The summed E-state index contributed by atoms with van der Waals surface area (Å²) in [4.78, 5) is 14.2. The number of pyridine rings is 1. The van der Waals surface area contributed by atoms with E-state index >= 15 is 0 Å². The third-order valence-electron chi connectivity index (χ3n) is 1.95. The summed E-state index contributed by atoms with van der Waals surface area (Å²) in [6.07, 6.45) is -8.29. The van der Waals surface area contributed by atoms with Gasteiger partial charge in [-0.2, -0.15) is 13.2 Å². The highest BCUT2D eigenvalue weighted by molar-refractivity contribution is 6.34. The number of nitrogens with zero attached hydrogens (tertiary/aromatic N) is 1. The van der Waals surface area contributed by atoms with Gasteiger partial charge in [-0.25, -0.2) is 18.6 Å². The van der Waals surface area contributed by atoms with Gasteiger partial charge in [-0.05, 0) is 0 Å². The number of carbonyl (C=O) groups excluding carboxylic acids is 1. The highest BCUT2D eigenvalue weighted by atomic mass is 35.5. The molecule has 1 heterocycles. The molecule has 0 radical (unpaired) electrons. The summed E-state index contributed by atoms with van der Waals surface area (Å²) in [6.45, 7) is 0. The van der Waals surface area contributed by atoms with Gasteiger partial charge < -0.3 is 4.74 Å². The first-order chi connectivity index (χ1) is 8.20. The van der Waals surface area contributed by atoms with Crippen LogP contribution >= 0.6 is 11.6 Å². The van der Waals surface area contributed by atoms with E-state index in [0.29, 0.717) is 0 Å². The molecule has 0 fully saturated rings. The van der Waals surface area contributed by atoms with Gasteiger partial charge in [0.15, 0.2) is 5.69 Å². The molecule has 0 atom stereocenters. The molecule has 1 rings (SSSR count). The Morgan fingerprint density at radius 2 is 2.00 bits per heavy atom. The number of alkyl halides is 5. The fraction of sp³-hybridized carbons (Fsp3) is 0.333. The van der Waals surface area contributed by atoms with Gasteiger partial charge in [0.2, 0.25) is 0 Å². The van der Waals surface area contributed by atoms with Gasteiger partial charge in [0.1, 0.15) is 0 Å². The van der Waals surface area contributed by atoms with Crippen LogP contribution in [0.15, 0.2) is 6.20 Å². The molecule has 0 N–H and O–H groups in total. The Kier molecular flexibility index (Phi) is 4.10. The van der Waals surface area contributed by atoms with Gasteiger partial charge in [0, 0.05) is 11.8 Å². The van der Waals surface area contributed by atoms with E-state index in [0.717, 1.165) is 7.11 Å². The van der Waals surface area contributed by atoms with E-state index in [1.807, 2.05) is 0 Å². The molecule has 0 aliphatic heterocycles. The third-order valence-corrected chi connectivity index (χ3v) is 2.31. The molecule has 0 aliphatic rings. The topological polar surface area (TPSA) is 39.2 Å². The van der Waals surface area contributed by atoms with Crippen LogP contribution in [0.25, 0.3) is 0 Å². The van der Waals surface area contributed by atoms with Crippen molar-refractivity contribution in [1.82, 2.24) is 4.98 Å². The molecule has 0 saturated carbocycles. The Bertz CT molecular complexity index is 475. The molecule has 0 aromatic carbocycles. The molecule has 0 saturated heterocycles. The zero-order chi connectivity index (χ0) is 14.1. The van der Waals surface area contributed by atoms with Gasteiger partial charge >= 0.3 is 12.1 Å². The number of hydrogen-bond acceptors (Lipinski definition) is 3. The van der Waals surface area contributed by atoms with Crippen LogP contribution in [-0.2, 0) is 10.9 Å².